The standard InChI is InChI=1S/C33H39F5N2O4/c1-7-8-21-16-40(28(41)14-25(21)33(36,37)38)27(9-17(2)3)32(44)39-26(15-29(42)43)24-13-22(10-20(6)31(24)35)30-18(4)11-23(34)12-19(30)5/h10-11,13-14,16-17,23,26-27H,7-9,12,15H2,1-6H3,(H,39,44)(H,42,43). The summed E-state index contributed by atoms with van der Waals surface area (Å²) in [6, 6.07) is 0.818. The Balaban J connectivity index is 2.13. The molecule has 1 heterocycles. The lowest BCUT2D eigenvalue weighted by Gasteiger charge is -2.27. The van der Waals surface area contributed by atoms with E-state index in [0.717, 1.165) is 16.3 Å². The fourth-order valence-electron chi connectivity index (χ4n) is 5.86. The van der Waals surface area contributed by atoms with Crippen molar-refractivity contribution in [2.24, 2.45) is 5.92 Å². The number of nitrogens with zero attached hydrogens (tertiary/aromatic N) is 1. The summed E-state index contributed by atoms with van der Waals surface area (Å²) in [6.45, 7) is 10.2. The summed E-state index contributed by atoms with van der Waals surface area (Å²) in [5.74, 6) is -3.09. The van der Waals surface area contributed by atoms with E-state index in [1.807, 2.05) is 0 Å². The van der Waals surface area contributed by atoms with E-state index in [9.17, 15) is 37.1 Å². The molecule has 0 bridgehead atoms. The highest BCUT2D eigenvalue weighted by molar-refractivity contribution is 5.84. The van der Waals surface area contributed by atoms with Crippen LogP contribution in [-0.4, -0.2) is 27.7 Å². The Kier molecular flexibility index (Phi) is 11.0. The molecule has 0 saturated carbocycles. The number of allylic oxidation sites excluding steroid dienone is 4. The van der Waals surface area contributed by atoms with Crippen molar-refractivity contribution in [1.82, 2.24) is 9.88 Å². The highest BCUT2D eigenvalue weighted by Gasteiger charge is 2.36. The number of carboxylic acids is 1. The molecule has 0 spiro atoms. The van der Waals surface area contributed by atoms with Crippen molar-refractivity contribution >= 4 is 17.4 Å². The Morgan fingerprint density at radius 3 is 2.34 bits per heavy atom. The van der Waals surface area contributed by atoms with E-state index < -0.39 is 59.7 Å². The number of aromatic nitrogens is 1. The van der Waals surface area contributed by atoms with Gasteiger partial charge in [0.05, 0.1) is 18.0 Å². The van der Waals surface area contributed by atoms with Gasteiger partial charge in [0, 0.05) is 24.2 Å². The first-order valence-corrected chi connectivity index (χ1v) is 14.6. The van der Waals surface area contributed by atoms with Gasteiger partial charge in [-0.3, -0.25) is 14.4 Å². The van der Waals surface area contributed by atoms with Gasteiger partial charge in [-0.1, -0.05) is 32.8 Å². The van der Waals surface area contributed by atoms with Crippen LogP contribution in [0.1, 0.15) is 100 Å². The predicted octanol–water partition coefficient (Wildman–Crippen LogP) is 7.65. The number of hydrogen-bond donors (Lipinski definition) is 2. The largest absolute Gasteiger partial charge is 0.481 e. The Morgan fingerprint density at radius 1 is 1.14 bits per heavy atom. The van der Waals surface area contributed by atoms with Crippen molar-refractivity contribution in [3.63, 3.8) is 0 Å². The van der Waals surface area contributed by atoms with Crippen LogP contribution >= 0.6 is 0 Å². The van der Waals surface area contributed by atoms with Crippen molar-refractivity contribution in [1.29, 1.82) is 0 Å². The third kappa shape index (κ3) is 8.04. The van der Waals surface area contributed by atoms with Crippen LogP contribution < -0.4 is 10.9 Å². The first-order chi connectivity index (χ1) is 20.4. The number of carboxylic acid groups (broad SMARTS) is 1. The van der Waals surface area contributed by atoms with Gasteiger partial charge < -0.3 is 15.0 Å². The van der Waals surface area contributed by atoms with Crippen LogP contribution in [0.15, 0.2) is 46.4 Å². The summed E-state index contributed by atoms with van der Waals surface area (Å²) in [5, 5.41) is 12.3. The lowest BCUT2D eigenvalue weighted by atomic mass is 9.85. The molecule has 2 N–H and O–H groups in total. The Bertz CT molecular complexity index is 1540. The molecule has 3 unspecified atom stereocenters. The van der Waals surface area contributed by atoms with E-state index in [1.165, 1.54) is 19.1 Å². The number of rotatable bonds is 11. The molecule has 0 radical (unpaired) electrons. The molecule has 0 fully saturated rings. The number of carbonyl (C=O) groups is 2. The summed E-state index contributed by atoms with van der Waals surface area (Å²) in [6.07, 6.45) is -3.57. The number of hydrogen-bond acceptors (Lipinski definition) is 3. The number of pyridine rings is 1. The molecule has 1 aliphatic rings. The van der Waals surface area contributed by atoms with Gasteiger partial charge in [-0.2, -0.15) is 13.2 Å². The molecule has 3 rings (SSSR count). The lowest BCUT2D eigenvalue weighted by Crippen LogP contribution is -2.40. The van der Waals surface area contributed by atoms with Crippen LogP contribution in [0.2, 0.25) is 0 Å². The SMILES string of the molecule is CCCc1cn(C(CC(C)C)C(=O)NC(CC(=O)O)c2cc(C3=C(C)CC(F)C=C3C)cc(C)c2F)c(=O)cc1C(F)(F)F. The molecule has 1 amide bonds. The molecule has 3 atom stereocenters. The number of nitrogens with one attached hydrogen (secondary N) is 1. The molecular weight excluding hydrogens is 583 g/mol. The number of aliphatic carboxylic acids is 1. The smallest absolute Gasteiger partial charge is 0.416 e. The third-order valence-electron chi connectivity index (χ3n) is 7.72. The molecule has 11 heteroatoms. The second-order valence-corrected chi connectivity index (χ2v) is 11.9. The summed E-state index contributed by atoms with van der Waals surface area (Å²) < 4.78 is 71.8. The lowest BCUT2D eigenvalue weighted by molar-refractivity contribution is -0.139. The van der Waals surface area contributed by atoms with E-state index in [0.29, 0.717) is 29.2 Å². The second-order valence-electron chi connectivity index (χ2n) is 11.9. The number of benzene rings is 1. The maximum Gasteiger partial charge on any atom is 0.416 e. The zero-order valence-corrected chi connectivity index (χ0v) is 25.7. The summed E-state index contributed by atoms with van der Waals surface area (Å²) >= 11 is 0. The van der Waals surface area contributed by atoms with Crippen LogP contribution in [0.4, 0.5) is 22.0 Å². The minimum atomic E-state index is -4.77. The highest BCUT2D eigenvalue weighted by atomic mass is 19.4. The molecule has 0 aliphatic heterocycles. The molecule has 1 aromatic heterocycles. The first kappa shape index (κ1) is 34.7. The summed E-state index contributed by atoms with van der Waals surface area (Å²) in [7, 11) is 0. The summed E-state index contributed by atoms with van der Waals surface area (Å²) in [4.78, 5) is 38.7. The maximum absolute atomic E-state index is 15.7. The number of amides is 1. The van der Waals surface area contributed by atoms with E-state index >= 15 is 4.39 Å². The minimum absolute atomic E-state index is 0.0103. The molecule has 44 heavy (non-hydrogen) atoms. The van der Waals surface area contributed by atoms with E-state index in [-0.39, 0.29) is 41.9 Å². The van der Waals surface area contributed by atoms with E-state index in [4.69, 9.17) is 0 Å². The Morgan fingerprint density at radius 2 is 1.80 bits per heavy atom. The van der Waals surface area contributed by atoms with Crippen LogP contribution in [0, 0.1) is 18.7 Å². The van der Waals surface area contributed by atoms with Crippen molar-refractivity contribution in [2.75, 3.05) is 0 Å². The number of carbonyl (C=O) groups excluding carboxylic acids is 1. The molecule has 6 nitrogen and oxygen atoms in total. The second kappa shape index (κ2) is 13.9. The van der Waals surface area contributed by atoms with Gasteiger partial charge in [0.15, 0.2) is 0 Å². The van der Waals surface area contributed by atoms with Crippen molar-refractivity contribution in [3.8, 4) is 0 Å². The quantitative estimate of drug-likeness (QED) is 0.252. The van der Waals surface area contributed by atoms with E-state index in [1.54, 1.807) is 40.7 Å². The highest BCUT2D eigenvalue weighted by Crippen LogP contribution is 2.37. The predicted molar refractivity (Wildman–Crippen MR) is 158 cm³/mol. The number of halogens is 5. The van der Waals surface area contributed by atoms with Gasteiger partial charge in [-0.15, -0.1) is 0 Å². The average Bonchev–Trinajstić information content (AvgIpc) is 2.88. The van der Waals surface area contributed by atoms with Gasteiger partial charge in [-0.05, 0) is 85.6 Å². The Labute approximate surface area is 253 Å². The fraction of sp³-hybridized carbons (Fsp3) is 0.485. The van der Waals surface area contributed by atoms with Gasteiger partial charge >= 0.3 is 12.1 Å². The minimum Gasteiger partial charge on any atom is -0.481 e. The number of aryl methyl sites for hydroxylation is 2. The zero-order chi connectivity index (χ0) is 33.1. The first-order valence-electron chi connectivity index (χ1n) is 14.6. The van der Waals surface area contributed by atoms with Crippen LogP contribution in [-0.2, 0) is 22.2 Å². The van der Waals surface area contributed by atoms with Gasteiger partial charge in [-0.25, -0.2) is 8.78 Å². The molecule has 1 aliphatic carbocycles. The summed E-state index contributed by atoms with van der Waals surface area (Å²) in [5.41, 5.74) is 0.411. The van der Waals surface area contributed by atoms with Gasteiger partial charge in [0.2, 0.25) is 5.91 Å². The third-order valence-corrected chi connectivity index (χ3v) is 7.72. The molecular formula is C33H39F5N2O4. The van der Waals surface area contributed by atoms with Gasteiger partial charge in [0.25, 0.3) is 5.56 Å². The molecule has 240 valence electrons. The average molecular weight is 623 g/mol. The topological polar surface area (TPSA) is 88.4 Å². The molecule has 2 aromatic rings. The normalized spacial score (nSPS) is 17.0. The van der Waals surface area contributed by atoms with Gasteiger partial charge in [0.1, 0.15) is 18.0 Å². The van der Waals surface area contributed by atoms with E-state index in [2.05, 4.69) is 5.32 Å². The van der Waals surface area contributed by atoms with Crippen molar-refractivity contribution in [3.05, 3.63) is 85.6 Å². The van der Waals surface area contributed by atoms with Crippen LogP contribution in [0.25, 0.3) is 5.57 Å². The van der Waals surface area contributed by atoms with Crippen LogP contribution in [0.5, 0.6) is 0 Å². The molecule has 0 saturated heterocycles. The zero-order valence-electron chi connectivity index (χ0n) is 25.7. The number of alkyl halides is 4. The monoisotopic (exact) mass is 622 g/mol. The fourth-order valence-corrected chi connectivity index (χ4v) is 5.86. The van der Waals surface area contributed by atoms with Crippen molar-refractivity contribution < 1.29 is 36.6 Å². The Hall–Kier alpha value is -3.76. The molecule has 1 aromatic carbocycles. The maximum atomic E-state index is 15.7. The van der Waals surface area contributed by atoms with Crippen molar-refractivity contribution in [2.45, 2.75) is 98.1 Å². The van der Waals surface area contributed by atoms with Crippen LogP contribution in [0.3, 0.4) is 0 Å².